The van der Waals surface area contributed by atoms with Gasteiger partial charge in [0.2, 0.25) is 0 Å². The van der Waals surface area contributed by atoms with Gasteiger partial charge in [0, 0.05) is 33.0 Å². The fourth-order valence-electron chi connectivity index (χ4n) is 2.63. The van der Waals surface area contributed by atoms with Crippen LogP contribution < -0.4 is 5.32 Å². The molecule has 0 radical (unpaired) electrons. The first-order chi connectivity index (χ1) is 13.0. The molecular weight excluding hydrogens is 405 g/mol. The molecule has 9 heteroatoms. The van der Waals surface area contributed by atoms with Crippen molar-refractivity contribution >= 4 is 40.9 Å². The zero-order chi connectivity index (χ0) is 19.4. The molecule has 0 spiro atoms. The molecule has 1 atom stereocenters. The third-order valence-corrected chi connectivity index (χ3v) is 5.21. The van der Waals surface area contributed by atoms with Gasteiger partial charge in [-0.2, -0.15) is 11.8 Å². The van der Waals surface area contributed by atoms with E-state index in [1.165, 1.54) is 11.0 Å². The number of rotatable bonds is 6. The second-order valence-corrected chi connectivity index (χ2v) is 7.73. The van der Waals surface area contributed by atoms with Crippen LogP contribution in [0.4, 0.5) is 0 Å². The highest BCUT2D eigenvalue weighted by atomic mass is 35.5. The van der Waals surface area contributed by atoms with E-state index in [0.717, 1.165) is 16.9 Å². The number of hydrogen-bond donors (Lipinski definition) is 1. The van der Waals surface area contributed by atoms with Crippen LogP contribution >= 0.6 is 35.0 Å². The number of halogens is 2. The third kappa shape index (κ3) is 4.80. The van der Waals surface area contributed by atoms with Gasteiger partial charge in [-0.05, 0) is 59.5 Å². The number of thioether (sulfide) groups is 1. The minimum absolute atomic E-state index is 0.0479. The van der Waals surface area contributed by atoms with Crippen LogP contribution in [-0.2, 0) is 0 Å². The van der Waals surface area contributed by atoms with E-state index in [2.05, 4.69) is 20.8 Å². The number of benzene rings is 2. The summed E-state index contributed by atoms with van der Waals surface area (Å²) in [7, 11) is 0. The lowest BCUT2D eigenvalue weighted by atomic mass is 10.0. The van der Waals surface area contributed by atoms with E-state index < -0.39 is 0 Å². The number of nitrogens with zero attached hydrogens (tertiary/aromatic N) is 4. The SMILES string of the molecule is CSCC(C)NC(=O)c1cc(-c2ccc(Cl)cc2Cl)cc(-n2cnnn2)c1. The highest BCUT2D eigenvalue weighted by Crippen LogP contribution is 2.32. The topological polar surface area (TPSA) is 72.7 Å². The van der Waals surface area contributed by atoms with Gasteiger partial charge in [0.25, 0.3) is 5.91 Å². The molecule has 0 aliphatic carbocycles. The summed E-state index contributed by atoms with van der Waals surface area (Å²) in [5.74, 6) is 0.659. The van der Waals surface area contributed by atoms with Crippen LogP contribution in [0.5, 0.6) is 0 Å². The van der Waals surface area contributed by atoms with Gasteiger partial charge in [0.1, 0.15) is 6.33 Å². The highest BCUT2D eigenvalue weighted by Gasteiger charge is 2.15. The number of tetrazole rings is 1. The Kier molecular flexibility index (Phi) is 6.36. The predicted molar refractivity (Wildman–Crippen MR) is 110 cm³/mol. The summed E-state index contributed by atoms with van der Waals surface area (Å²) < 4.78 is 1.50. The normalized spacial score (nSPS) is 12.0. The van der Waals surface area contributed by atoms with E-state index in [1.54, 1.807) is 36.0 Å². The predicted octanol–water partition coefficient (Wildman–Crippen LogP) is 4.12. The molecule has 27 heavy (non-hydrogen) atoms. The number of hydrogen-bond acceptors (Lipinski definition) is 5. The summed E-state index contributed by atoms with van der Waals surface area (Å²) in [6.45, 7) is 1.97. The zero-order valence-electron chi connectivity index (χ0n) is 14.7. The van der Waals surface area contributed by atoms with Gasteiger partial charge in [-0.3, -0.25) is 4.79 Å². The second-order valence-electron chi connectivity index (χ2n) is 5.98. The van der Waals surface area contributed by atoms with Crippen molar-refractivity contribution < 1.29 is 4.79 Å². The van der Waals surface area contributed by atoms with Crippen LogP contribution in [0.2, 0.25) is 10.0 Å². The van der Waals surface area contributed by atoms with Crippen molar-refractivity contribution in [1.29, 1.82) is 0 Å². The van der Waals surface area contributed by atoms with E-state index in [4.69, 9.17) is 23.2 Å². The quantitative estimate of drug-likeness (QED) is 0.647. The van der Waals surface area contributed by atoms with E-state index in [1.807, 2.05) is 25.3 Å². The average Bonchev–Trinajstić information content (AvgIpc) is 3.16. The van der Waals surface area contributed by atoms with Crippen LogP contribution in [0, 0.1) is 0 Å². The Balaban J connectivity index is 2.05. The molecule has 0 aliphatic rings. The van der Waals surface area contributed by atoms with Crippen molar-refractivity contribution in [2.24, 2.45) is 0 Å². The lowest BCUT2D eigenvalue weighted by Gasteiger charge is -2.15. The summed E-state index contributed by atoms with van der Waals surface area (Å²) in [4.78, 5) is 12.7. The molecule has 3 rings (SSSR count). The molecule has 3 aromatic rings. The molecule has 0 bridgehead atoms. The molecule has 2 aromatic carbocycles. The average molecular weight is 422 g/mol. The summed E-state index contributed by atoms with van der Waals surface area (Å²) in [5.41, 5.74) is 2.69. The van der Waals surface area contributed by atoms with E-state index in [-0.39, 0.29) is 11.9 Å². The monoisotopic (exact) mass is 421 g/mol. The first kappa shape index (κ1) is 19.7. The number of carbonyl (C=O) groups is 1. The van der Waals surface area contributed by atoms with Gasteiger partial charge in [-0.15, -0.1) is 5.10 Å². The van der Waals surface area contributed by atoms with Gasteiger partial charge < -0.3 is 5.32 Å². The zero-order valence-corrected chi connectivity index (χ0v) is 17.0. The Labute approximate surface area is 171 Å². The number of amides is 1. The minimum Gasteiger partial charge on any atom is -0.349 e. The number of carbonyl (C=O) groups excluding carboxylic acids is 1. The van der Waals surface area contributed by atoms with Crippen LogP contribution in [0.3, 0.4) is 0 Å². The molecule has 140 valence electrons. The molecule has 0 saturated carbocycles. The largest absolute Gasteiger partial charge is 0.349 e. The first-order valence-electron chi connectivity index (χ1n) is 8.11. The fraction of sp³-hybridized carbons (Fsp3) is 0.222. The maximum absolute atomic E-state index is 12.7. The molecule has 0 saturated heterocycles. The molecule has 1 heterocycles. The van der Waals surface area contributed by atoms with Crippen LogP contribution in [0.1, 0.15) is 17.3 Å². The Morgan fingerprint density at radius 2 is 2.07 bits per heavy atom. The molecular formula is C18H17Cl2N5OS. The maximum atomic E-state index is 12.7. The summed E-state index contributed by atoms with van der Waals surface area (Å²) in [6, 6.07) is 10.7. The Morgan fingerprint density at radius 3 is 2.74 bits per heavy atom. The fourth-order valence-corrected chi connectivity index (χ4v) is 3.73. The lowest BCUT2D eigenvalue weighted by molar-refractivity contribution is 0.0944. The van der Waals surface area contributed by atoms with Crippen LogP contribution in [0.15, 0.2) is 42.7 Å². The van der Waals surface area contributed by atoms with Crippen molar-refractivity contribution in [3.05, 3.63) is 58.3 Å². The Bertz CT molecular complexity index is 949. The van der Waals surface area contributed by atoms with E-state index >= 15 is 0 Å². The van der Waals surface area contributed by atoms with E-state index in [9.17, 15) is 4.79 Å². The maximum Gasteiger partial charge on any atom is 0.251 e. The molecule has 0 aliphatic heterocycles. The van der Waals surface area contributed by atoms with Crippen LogP contribution in [-0.4, -0.2) is 44.2 Å². The summed E-state index contributed by atoms with van der Waals surface area (Å²) >= 11 is 14.0. The third-order valence-electron chi connectivity index (χ3n) is 3.83. The molecule has 1 aromatic heterocycles. The molecule has 0 fully saturated rings. The molecule has 6 nitrogen and oxygen atoms in total. The van der Waals surface area contributed by atoms with Crippen molar-refractivity contribution in [3.8, 4) is 16.8 Å². The minimum atomic E-state index is -0.169. The van der Waals surface area contributed by atoms with Crippen molar-refractivity contribution in [2.75, 3.05) is 12.0 Å². The smallest absolute Gasteiger partial charge is 0.251 e. The molecule has 1 N–H and O–H groups in total. The van der Waals surface area contributed by atoms with Crippen molar-refractivity contribution in [3.63, 3.8) is 0 Å². The van der Waals surface area contributed by atoms with Crippen molar-refractivity contribution in [2.45, 2.75) is 13.0 Å². The number of aromatic nitrogens is 4. The van der Waals surface area contributed by atoms with Gasteiger partial charge in [0.05, 0.1) is 5.69 Å². The molecule has 1 unspecified atom stereocenters. The van der Waals surface area contributed by atoms with Gasteiger partial charge >= 0.3 is 0 Å². The van der Waals surface area contributed by atoms with Gasteiger partial charge in [-0.1, -0.05) is 29.3 Å². The van der Waals surface area contributed by atoms with Crippen LogP contribution in [0.25, 0.3) is 16.8 Å². The van der Waals surface area contributed by atoms with Gasteiger partial charge in [0.15, 0.2) is 0 Å². The highest BCUT2D eigenvalue weighted by molar-refractivity contribution is 7.98. The molecule has 1 amide bonds. The van der Waals surface area contributed by atoms with E-state index in [0.29, 0.717) is 21.3 Å². The number of nitrogens with one attached hydrogen (secondary N) is 1. The summed E-state index contributed by atoms with van der Waals surface area (Å²) in [6.07, 6.45) is 3.47. The lowest BCUT2D eigenvalue weighted by Crippen LogP contribution is -2.34. The Morgan fingerprint density at radius 1 is 1.26 bits per heavy atom. The van der Waals surface area contributed by atoms with Gasteiger partial charge in [-0.25, -0.2) is 4.68 Å². The standard InChI is InChI=1S/C18H17Cl2N5OS/c1-11(9-27-2)22-18(26)13-5-12(16-4-3-14(19)8-17(16)20)6-15(7-13)25-10-21-23-24-25/h3-8,10-11H,9H2,1-2H3,(H,22,26). The second kappa shape index (κ2) is 8.73. The first-order valence-corrected chi connectivity index (χ1v) is 10.3. The van der Waals surface area contributed by atoms with Crippen molar-refractivity contribution in [1.82, 2.24) is 25.5 Å². The summed E-state index contributed by atoms with van der Waals surface area (Å²) in [5, 5.41) is 15.3. The Hall–Kier alpha value is -2.09.